The average Bonchev–Trinajstić information content (AvgIpc) is 2.69. The van der Waals surface area contributed by atoms with Crippen molar-refractivity contribution in [2.75, 3.05) is 6.54 Å². The SMILES string of the molecule is CC(C)Cc1nnc2n1CCN(C(=O)OC(C)(C)C)C2. The Hall–Kier alpha value is -1.59. The van der Waals surface area contributed by atoms with Gasteiger partial charge in [-0.25, -0.2) is 4.79 Å². The Morgan fingerprint density at radius 1 is 1.30 bits per heavy atom. The van der Waals surface area contributed by atoms with Gasteiger partial charge >= 0.3 is 6.09 Å². The van der Waals surface area contributed by atoms with Gasteiger partial charge in [-0.3, -0.25) is 4.90 Å². The van der Waals surface area contributed by atoms with Crippen molar-refractivity contribution in [3.63, 3.8) is 0 Å². The number of aromatic nitrogens is 3. The molecule has 1 aliphatic heterocycles. The van der Waals surface area contributed by atoms with Gasteiger partial charge in [-0.05, 0) is 26.7 Å². The molecule has 1 aromatic rings. The molecule has 0 aliphatic carbocycles. The van der Waals surface area contributed by atoms with E-state index >= 15 is 0 Å². The van der Waals surface area contributed by atoms with Gasteiger partial charge in [0.25, 0.3) is 0 Å². The van der Waals surface area contributed by atoms with Gasteiger partial charge in [0.1, 0.15) is 11.4 Å². The Balaban J connectivity index is 2.05. The van der Waals surface area contributed by atoms with Crippen LogP contribution in [0.5, 0.6) is 0 Å². The lowest BCUT2D eigenvalue weighted by molar-refractivity contribution is 0.0194. The first kappa shape index (κ1) is 14.8. The third-order valence-electron chi connectivity index (χ3n) is 3.07. The fourth-order valence-corrected chi connectivity index (χ4v) is 2.22. The summed E-state index contributed by atoms with van der Waals surface area (Å²) < 4.78 is 7.52. The van der Waals surface area contributed by atoms with E-state index in [1.165, 1.54) is 0 Å². The van der Waals surface area contributed by atoms with Crippen molar-refractivity contribution in [3.05, 3.63) is 11.6 Å². The number of carbonyl (C=O) groups excluding carboxylic acids is 1. The molecule has 0 N–H and O–H groups in total. The van der Waals surface area contributed by atoms with Crippen molar-refractivity contribution < 1.29 is 9.53 Å². The number of rotatable bonds is 2. The number of carbonyl (C=O) groups is 1. The summed E-state index contributed by atoms with van der Waals surface area (Å²) in [5.74, 6) is 2.41. The predicted octanol–water partition coefficient (Wildman–Crippen LogP) is 2.23. The maximum Gasteiger partial charge on any atom is 0.410 e. The Morgan fingerprint density at radius 3 is 2.60 bits per heavy atom. The second-order valence-electron chi connectivity index (χ2n) is 6.68. The third-order valence-corrected chi connectivity index (χ3v) is 3.07. The molecule has 0 radical (unpaired) electrons. The third kappa shape index (κ3) is 3.49. The fourth-order valence-electron chi connectivity index (χ4n) is 2.22. The van der Waals surface area contributed by atoms with Gasteiger partial charge in [-0.1, -0.05) is 13.8 Å². The van der Waals surface area contributed by atoms with Crippen LogP contribution in [-0.2, 0) is 24.2 Å². The molecule has 0 fully saturated rings. The lowest BCUT2D eigenvalue weighted by atomic mass is 10.1. The Labute approximate surface area is 120 Å². The molecule has 0 unspecified atom stereocenters. The molecule has 20 heavy (non-hydrogen) atoms. The fraction of sp³-hybridized carbons (Fsp3) is 0.786. The molecule has 6 heteroatoms. The van der Waals surface area contributed by atoms with Crippen LogP contribution in [0.3, 0.4) is 0 Å². The zero-order valence-electron chi connectivity index (χ0n) is 13.0. The summed E-state index contributed by atoms with van der Waals surface area (Å²) in [5, 5.41) is 8.44. The summed E-state index contributed by atoms with van der Waals surface area (Å²) in [7, 11) is 0. The average molecular weight is 280 g/mol. The summed E-state index contributed by atoms with van der Waals surface area (Å²) >= 11 is 0. The quantitative estimate of drug-likeness (QED) is 0.833. The van der Waals surface area contributed by atoms with Crippen LogP contribution < -0.4 is 0 Å². The van der Waals surface area contributed by atoms with Crippen molar-refractivity contribution in [2.24, 2.45) is 5.92 Å². The van der Waals surface area contributed by atoms with E-state index in [0.717, 1.165) is 24.6 Å². The number of amides is 1. The highest BCUT2D eigenvalue weighted by Crippen LogP contribution is 2.17. The van der Waals surface area contributed by atoms with E-state index in [-0.39, 0.29) is 6.09 Å². The largest absolute Gasteiger partial charge is 0.444 e. The second kappa shape index (κ2) is 5.42. The van der Waals surface area contributed by atoms with E-state index in [2.05, 4.69) is 28.6 Å². The van der Waals surface area contributed by atoms with Crippen LogP contribution in [-0.4, -0.2) is 37.9 Å². The predicted molar refractivity (Wildman–Crippen MR) is 75.2 cm³/mol. The summed E-state index contributed by atoms with van der Waals surface area (Å²) in [4.78, 5) is 13.7. The first-order valence-corrected chi connectivity index (χ1v) is 7.15. The van der Waals surface area contributed by atoms with Crippen LogP contribution in [0.2, 0.25) is 0 Å². The Kier molecular flexibility index (Phi) is 4.01. The molecule has 2 heterocycles. The Morgan fingerprint density at radius 2 is 2.00 bits per heavy atom. The van der Waals surface area contributed by atoms with Crippen molar-refractivity contribution >= 4 is 6.09 Å². The summed E-state index contributed by atoms with van der Waals surface area (Å²) in [6.07, 6.45) is 0.636. The summed E-state index contributed by atoms with van der Waals surface area (Å²) in [6, 6.07) is 0. The van der Waals surface area contributed by atoms with Crippen LogP contribution in [0.1, 0.15) is 46.3 Å². The van der Waals surface area contributed by atoms with Crippen LogP contribution in [0, 0.1) is 5.92 Å². The minimum atomic E-state index is -0.467. The number of hydrogen-bond donors (Lipinski definition) is 0. The van der Waals surface area contributed by atoms with Gasteiger partial charge in [0.2, 0.25) is 0 Å². The Bertz CT molecular complexity index is 488. The monoisotopic (exact) mass is 280 g/mol. The van der Waals surface area contributed by atoms with Gasteiger partial charge in [0, 0.05) is 19.5 Å². The van der Waals surface area contributed by atoms with E-state index in [0.29, 0.717) is 19.0 Å². The highest BCUT2D eigenvalue weighted by atomic mass is 16.6. The molecule has 0 bridgehead atoms. The summed E-state index contributed by atoms with van der Waals surface area (Å²) in [6.45, 7) is 11.8. The van der Waals surface area contributed by atoms with Crippen molar-refractivity contribution in [3.8, 4) is 0 Å². The van der Waals surface area contributed by atoms with E-state index in [1.54, 1.807) is 4.90 Å². The minimum Gasteiger partial charge on any atom is -0.444 e. The van der Waals surface area contributed by atoms with Gasteiger partial charge in [-0.15, -0.1) is 10.2 Å². The maximum atomic E-state index is 12.1. The van der Waals surface area contributed by atoms with Crippen molar-refractivity contribution in [1.82, 2.24) is 19.7 Å². The molecule has 1 aliphatic rings. The number of ether oxygens (including phenoxy) is 1. The molecular formula is C14H24N4O2. The van der Waals surface area contributed by atoms with E-state index in [1.807, 2.05) is 20.8 Å². The molecule has 0 saturated heterocycles. The lowest BCUT2D eigenvalue weighted by Crippen LogP contribution is -2.41. The highest BCUT2D eigenvalue weighted by molar-refractivity contribution is 5.68. The van der Waals surface area contributed by atoms with Crippen molar-refractivity contribution in [1.29, 1.82) is 0 Å². The van der Waals surface area contributed by atoms with Crippen LogP contribution in [0.15, 0.2) is 0 Å². The van der Waals surface area contributed by atoms with E-state index in [4.69, 9.17) is 4.74 Å². The standard InChI is InChI=1S/C14H24N4O2/c1-10(2)8-11-15-16-12-9-17(6-7-18(11)12)13(19)20-14(3,4)5/h10H,6-9H2,1-5H3. The van der Waals surface area contributed by atoms with Crippen LogP contribution in [0.25, 0.3) is 0 Å². The second-order valence-corrected chi connectivity index (χ2v) is 6.68. The molecule has 0 aromatic carbocycles. The van der Waals surface area contributed by atoms with Gasteiger partial charge in [0.15, 0.2) is 5.82 Å². The van der Waals surface area contributed by atoms with Crippen molar-refractivity contribution in [2.45, 2.75) is 59.7 Å². The molecule has 1 amide bonds. The highest BCUT2D eigenvalue weighted by Gasteiger charge is 2.28. The molecule has 6 nitrogen and oxygen atoms in total. The van der Waals surface area contributed by atoms with Crippen LogP contribution in [0.4, 0.5) is 4.79 Å². The molecule has 2 rings (SSSR count). The molecule has 0 spiro atoms. The topological polar surface area (TPSA) is 60.2 Å². The van der Waals surface area contributed by atoms with Gasteiger partial charge < -0.3 is 9.30 Å². The van der Waals surface area contributed by atoms with Crippen LogP contribution >= 0.6 is 0 Å². The minimum absolute atomic E-state index is 0.280. The number of nitrogens with zero attached hydrogens (tertiary/aromatic N) is 4. The number of fused-ring (bicyclic) bond motifs is 1. The molecule has 1 aromatic heterocycles. The normalized spacial score (nSPS) is 15.4. The molecule has 112 valence electrons. The van der Waals surface area contributed by atoms with Gasteiger partial charge in [-0.2, -0.15) is 0 Å². The summed E-state index contributed by atoms with van der Waals surface area (Å²) in [5.41, 5.74) is -0.467. The smallest absolute Gasteiger partial charge is 0.410 e. The number of hydrogen-bond acceptors (Lipinski definition) is 4. The zero-order valence-corrected chi connectivity index (χ0v) is 13.0. The molecule has 0 saturated carbocycles. The van der Waals surface area contributed by atoms with E-state index < -0.39 is 5.60 Å². The molecule has 0 atom stereocenters. The zero-order chi connectivity index (χ0) is 14.9. The van der Waals surface area contributed by atoms with E-state index in [9.17, 15) is 4.79 Å². The lowest BCUT2D eigenvalue weighted by Gasteiger charge is -2.30. The van der Waals surface area contributed by atoms with Gasteiger partial charge in [0.05, 0.1) is 6.54 Å². The first-order valence-electron chi connectivity index (χ1n) is 7.15. The first-order chi connectivity index (χ1) is 9.26. The molecular weight excluding hydrogens is 256 g/mol. The maximum absolute atomic E-state index is 12.1.